The van der Waals surface area contributed by atoms with E-state index in [1.54, 1.807) is 4.90 Å². The van der Waals surface area contributed by atoms with E-state index in [0.717, 1.165) is 38.5 Å². The molecule has 19 heavy (non-hydrogen) atoms. The molecule has 0 aromatic carbocycles. The van der Waals surface area contributed by atoms with Gasteiger partial charge in [0.15, 0.2) is 0 Å². The van der Waals surface area contributed by atoms with Crippen molar-refractivity contribution in [3.63, 3.8) is 0 Å². The van der Waals surface area contributed by atoms with Gasteiger partial charge in [-0.15, -0.1) is 0 Å². The summed E-state index contributed by atoms with van der Waals surface area (Å²) in [6.45, 7) is 2.31. The van der Waals surface area contributed by atoms with Gasteiger partial charge < -0.3 is 15.3 Å². The van der Waals surface area contributed by atoms with Crippen LogP contribution in [0.5, 0.6) is 0 Å². The Morgan fingerprint density at radius 2 is 2.00 bits per heavy atom. The Labute approximate surface area is 114 Å². The average Bonchev–Trinajstić information content (AvgIpc) is 2.79. The zero-order valence-electron chi connectivity index (χ0n) is 11.5. The van der Waals surface area contributed by atoms with Crippen LogP contribution < -0.4 is 5.32 Å². The van der Waals surface area contributed by atoms with Gasteiger partial charge in [0.1, 0.15) is 6.04 Å². The molecule has 1 saturated carbocycles. The van der Waals surface area contributed by atoms with Crippen molar-refractivity contribution < 1.29 is 9.90 Å². The summed E-state index contributed by atoms with van der Waals surface area (Å²) in [5.41, 5.74) is 0. The van der Waals surface area contributed by atoms with Crippen LogP contribution in [0.3, 0.4) is 0 Å². The lowest BCUT2D eigenvalue weighted by Crippen LogP contribution is -2.46. The van der Waals surface area contributed by atoms with Crippen LogP contribution in [0.4, 0.5) is 0 Å². The summed E-state index contributed by atoms with van der Waals surface area (Å²) in [5.74, 6) is 0.0303. The lowest BCUT2D eigenvalue weighted by atomic mass is 9.93. The van der Waals surface area contributed by atoms with Crippen LogP contribution in [0.25, 0.3) is 0 Å². The Kier molecular flexibility index (Phi) is 4.78. The summed E-state index contributed by atoms with van der Waals surface area (Å²) < 4.78 is 0. The quantitative estimate of drug-likeness (QED) is 0.790. The third-order valence-corrected chi connectivity index (χ3v) is 4.34. The smallest absolute Gasteiger partial charge is 0.237 e. The Hall–Kier alpha value is -1.12. The minimum Gasteiger partial charge on any atom is -0.393 e. The molecule has 0 unspecified atom stereocenters. The Bertz CT molecular complexity index is 358. The van der Waals surface area contributed by atoms with Crippen molar-refractivity contribution in [1.29, 1.82) is 5.26 Å². The number of aliphatic hydroxyl groups excluding tert-OH is 1. The highest BCUT2D eigenvalue weighted by atomic mass is 16.3. The molecule has 0 radical (unpaired) electrons. The summed E-state index contributed by atoms with van der Waals surface area (Å²) in [4.78, 5) is 13.9. The maximum atomic E-state index is 12.2. The summed E-state index contributed by atoms with van der Waals surface area (Å²) >= 11 is 0. The molecule has 2 rings (SSSR count). The SMILES string of the molecule is C[C@H]1CC[C@@H](C#N)N1C(=O)CNC1CCC(O)CC1. The maximum absolute atomic E-state index is 12.2. The molecule has 0 aromatic heterocycles. The van der Waals surface area contributed by atoms with Gasteiger partial charge >= 0.3 is 0 Å². The van der Waals surface area contributed by atoms with Gasteiger partial charge in [-0.1, -0.05) is 0 Å². The largest absolute Gasteiger partial charge is 0.393 e. The van der Waals surface area contributed by atoms with E-state index in [0.29, 0.717) is 12.6 Å². The van der Waals surface area contributed by atoms with E-state index >= 15 is 0 Å². The number of hydrogen-bond donors (Lipinski definition) is 2. The predicted octanol–water partition coefficient (Wildman–Crippen LogP) is 0.783. The van der Waals surface area contributed by atoms with Crippen LogP contribution in [-0.4, -0.2) is 46.7 Å². The first-order chi connectivity index (χ1) is 9.11. The highest BCUT2D eigenvalue weighted by Crippen LogP contribution is 2.23. The van der Waals surface area contributed by atoms with E-state index in [1.165, 1.54) is 0 Å². The molecule has 5 heteroatoms. The highest BCUT2D eigenvalue weighted by molar-refractivity contribution is 5.79. The van der Waals surface area contributed by atoms with Crippen LogP contribution in [-0.2, 0) is 4.79 Å². The van der Waals surface area contributed by atoms with Crippen molar-refractivity contribution in [3.05, 3.63) is 0 Å². The Morgan fingerprint density at radius 1 is 1.32 bits per heavy atom. The number of hydrogen-bond acceptors (Lipinski definition) is 4. The number of rotatable bonds is 3. The molecule has 2 atom stereocenters. The standard InChI is InChI=1S/C14H23N3O2/c1-10-2-5-12(8-15)17(10)14(19)9-16-11-3-6-13(18)7-4-11/h10-13,16,18H,2-7,9H2,1H3/t10-,11?,12-,13?/m0/s1. The fraction of sp³-hybridized carbons (Fsp3) is 0.857. The lowest BCUT2D eigenvalue weighted by Gasteiger charge is -2.29. The van der Waals surface area contributed by atoms with E-state index < -0.39 is 0 Å². The van der Waals surface area contributed by atoms with E-state index in [9.17, 15) is 9.90 Å². The molecule has 1 saturated heterocycles. The number of amides is 1. The zero-order valence-corrected chi connectivity index (χ0v) is 11.5. The van der Waals surface area contributed by atoms with Crippen LogP contribution in [0.15, 0.2) is 0 Å². The summed E-state index contributed by atoms with van der Waals surface area (Å²) in [7, 11) is 0. The second kappa shape index (κ2) is 6.36. The molecule has 2 N–H and O–H groups in total. The van der Waals surface area contributed by atoms with Crippen molar-refractivity contribution in [3.8, 4) is 6.07 Å². The number of nitrogens with zero attached hydrogens (tertiary/aromatic N) is 2. The van der Waals surface area contributed by atoms with Crippen LogP contribution in [0.2, 0.25) is 0 Å². The van der Waals surface area contributed by atoms with Gasteiger partial charge in [0.25, 0.3) is 0 Å². The molecule has 5 nitrogen and oxygen atoms in total. The molecular formula is C14H23N3O2. The van der Waals surface area contributed by atoms with E-state index in [-0.39, 0.29) is 24.1 Å². The predicted molar refractivity (Wildman–Crippen MR) is 71.2 cm³/mol. The molecule has 1 heterocycles. The third-order valence-electron chi connectivity index (χ3n) is 4.34. The van der Waals surface area contributed by atoms with Gasteiger partial charge in [0, 0.05) is 12.1 Å². The normalized spacial score (nSPS) is 35.1. The van der Waals surface area contributed by atoms with Crippen LogP contribution in [0, 0.1) is 11.3 Å². The van der Waals surface area contributed by atoms with Crippen molar-refractivity contribution in [2.24, 2.45) is 0 Å². The maximum Gasteiger partial charge on any atom is 0.237 e. The molecule has 2 aliphatic rings. The molecule has 2 fully saturated rings. The number of nitriles is 1. The minimum atomic E-state index is -0.252. The van der Waals surface area contributed by atoms with Gasteiger partial charge in [-0.3, -0.25) is 4.79 Å². The van der Waals surface area contributed by atoms with Crippen LogP contribution >= 0.6 is 0 Å². The summed E-state index contributed by atoms with van der Waals surface area (Å²) in [5, 5.41) is 21.8. The van der Waals surface area contributed by atoms with Crippen molar-refractivity contribution in [2.75, 3.05) is 6.54 Å². The van der Waals surface area contributed by atoms with Gasteiger partial charge in [-0.2, -0.15) is 5.26 Å². The van der Waals surface area contributed by atoms with Gasteiger partial charge in [-0.25, -0.2) is 0 Å². The molecule has 0 spiro atoms. The average molecular weight is 265 g/mol. The lowest BCUT2D eigenvalue weighted by molar-refractivity contribution is -0.132. The van der Waals surface area contributed by atoms with E-state index in [2.05, 4.69) is 11.4 Å². The number of nitrogens with one attached hydrogen (secondary N) is 1. The summed E-state index contributed by atoms with van der Waals surface area (Å²) in [6, 6.07) is 2.46. The van der Waals surface area contributed by atoms with Crippen molar-refractivity contribution in [1.82, 2.24) is 10.2 Å². The van der Waals surface area contributed by atoms with Gasteiger partial charge in [0.2, 0.25) is 5.91 Å². The first-order valence-corrected chi connectivity index (χ1v) is 7.24. The first kappa shape index (κ1) is 14.3. The number of carbonyl (C=O) groups is 1. The third kappa shape index (κ3) is 3.46. The van der Waals surface area contributed by atoms with Crippen LogP contribution in [0.1, 0.15) is 45.4 Å². The molecule has 1 aliphatic heterocycles. The van der Waals surface area contributed by atoms with Gasteiger partial charge in [0.05, 0.1) is 18.7 Å². The number of likely N-dealkylation sites (tertiary alicyclic amines) is 1. The molecule has 0 bridgehead atoms. The van der Waals surface area contributed by atoms with Crippen molar-refractivity contribution in [2.45, 2.75) is 69.7 Å². The fourth-order valence-electron chi connectivity index (χ4n) is 3.13. The number of carbonyl (C=O) groups excluding carboxylic acids is 1. The molecule has 1 aliphatic carbocycles. The number of aliphatic hydroxyl groups is 1. The Morgan fingerprint density at radius 3 is 2.63 bits per heavy atom. The first-order valence-electron chi connectivity index (χ1n) is 7.24. The second-order valence-corrected chi connectivity index (χ2v) is 5.76. The van der Waals surface area contributed by atoms with Gasteiger partial charge in [-0.05, 0) is 45.4 Å². The molecular weight excluding hydrogens is 242 g/mol. The zero-order chi connectivity index (χ0) is 13.8. The Balaban J connectivity index is 1.79. The minimum absolute atomic E-state index is 0.0303. The second-order valence-electron chi connectivity index (χ2n) is 5.76. The van der Waals surface area contributed by atoms with E-state index in [4.69, 9.17) is 5.26 Å². The monoisotopic (exact) mass is 265 g/mol. The van der Waals surface area contributed by atoms with Crippen molar-refractivity contribution >= 4 is 5.91 Å². The summed E-state index contributed by atoms with van der Waals surface area (Å²) in [6.07, 6.45) is 5.01. The highest BCUT2D eigenvalue weighted by Gasteiger charge is 2.34. The topological polar surface area (TPSA) is 76.4 Å². The molecule has 0 aromatic rings. The molecule has 106 valence electrons. The molecule has 1 amide bonds. The van der Waals surface area contributed by atoms with E-state index in [1.807, 2.05) is 6.92 Å². The fourth-order valence-corrected chi connectivity index (χ4v) is 3.13.